The number of anilines is 1. The van der Waals surface area contributed by atoms with Gasteiger partial charge in [-0.3, -0.25) is 14.9 Å². The zero-order chi connectivity index (χ0) is 24.0. The van der Waals surface area contributed by atoms with Gasteiger partial charge in [-0.05, 0) is 80.8 Å². The summed E-state index contributed by atoms with van der Waals surface area (Å²) in [5.74, 6) is -0.00305. The van der Waals surface area contributed by atoms with Gasteiger partial charge in [0, 0.05) is 17.8 Å². The number of nitrogens with zero attached hydrogens (tertiary/aromatic N) is 2. The summed E-state index contributed by atoms with van der Waals surface area (Å²) >= 11 is 5.63. The molecule has 0 spiro atoms. The van der Waals surface area contributed by atoms with Gasteiger partial charge in [-0.1, -0.05) is 35.9 Å². The number of nitriles is 1. The first-order chi connectivity index (χ1) is 15.8. The van der Waals surface area contributed by atoms with E-state index in [2.05, 4.69) is 43.8 Å². The van der Waals surface area contributed by atoms with Crippen molar-refractivity contribution >= 4 is 61.9 Å². The number of amides is 1. The molecule has 1 amide bonds. The van der Waals surface area contributed by atoms with Crippen molar-refractivity contribution in [3.8, 4) is 11.8 Å². The van der Waals surface area contributed by atoms with Crippen LogP contribution in [-0.2, 0) is 11.4 Å². The molecular formula is C24H17BrIN3O4. The second kappa shape index (κ2) is 11.1. The summed E-state index contributed by atoms with van der Waals surface area (Å²) in [5.41, 5.74) is 2.77. The molecule has 7 nitrogen and oxygen atoms in total. The van der Waals surface area contributed by atoms with Gasteiger partial charge >= 0.3 is 0 Å². The van der Waals surface area contributed by atoms with E-state index in [1.807, 2.05) is 37.3 Å². The highest BCUT2D eigenvalue weighted by molar-refractivity contribution is 14.1. The number of rotatable bonds is 7. The van der Waals surface area contributed by atoms with Gasteiger partial charge in [-0.25, -0.2) is 0 Å². The number of benzene rings is 3. The molecule has 3 aromatic carbocycles. The van der Waals surface area contributed by atoms with E-state index in [1.54, 1.807) is 12.1 Å². The molecule has 0 aromatic heterocycles. The lowest BCUT2D eigenvalue weighted by Gasteiger charge is -2.12. The molecule has 0 bridgehead atoms. The van der Waals surface area contributed by atoms with Gasteiger partial charge in [0.2, 0.25) is 0 Å². The zero-order valence-electron chi connectivity index (χ0n) is 17.3. The van der Waals surface area contributed by atoms with Gasteiger partial charge in [0.15, 0.2) is 0 Å². The van der Waals surface area contributed by atoms with E-state index in [4.69, 9.17) is 4.74 Å². The summed E-state index contributed by atoms with van der Waals surface area (Å²) in [7, 11) is 0. The number of carbonyl (C=O) groups is 1. The number of non-ortho nitro benzene ring substituents is 1. The first kappa shape index (κ1) is 24.4. The largest absolute Gasteiger partial charge is 0.487 e. The molecule has 0 saturated carbocycles. The molecule has 3 aromatic rings. The van der Waals surface area contributed by atoms with Crippen molar-refractivity contribution in [3.05, 3.63) is 101 Å². The number of ether oxygens (including phenoxy) is 1. The highest BCUT2D eigenvalue weighted by Crippen LogP contribution is 2.33. The number of nitro groups is 1. The Morgan fingerprint density at radius 2 is 1.97 bits per heavy atom. The van der Waals surface area contributed by atoms with E-state index in [-0.39, 0.29) is 16.9 Å². The van der Waals surface area contributed by atoms with E-state index in [1.165, 1.54) is 35.9 Å². The Balaban J connectivity index is 1.77. The van der Waals surface area contributed by atoms with Crippen LogP contribution in [0.4, 0.5) is 11.4 Å². The Bertz CT molecular complexity index is 1260. The SMILES string of the molecule is Cc1ccc(COc2c(Br)cc(/C=C(\C#N)C(=O)Nc3cccc([N+](=O)[O-])c3)cc2I)cc1. The highest BCUT2D eigenvalue weighted by atomic mass is 127. The van der Waals surface area contributed by atoms with Gasteiger partial charge in [-0.2, -0.15) is 5.26 Å². The maximum absolute atomic E-state index is 12.5. The maximum Gasteiger partial charge on any atom is 0.271 e. The van der Waals surface area contributed by atoms with Crippen molar-refractivity contribution in [1.29, 1.82) is 5.26 Å². The van der Waals surface area contributed by atoms with Gasteiger partial charge in [-0.15, -0.1) is 0 Å². The molecule has 0 unspecified atom stereocenters. The fraction of sp³-hybridized carbons (Fsp3) is 0.0833. The Kier molecular flexibility index (Phi) is 8.19. The van der Waals surface area contributed by atoms with Crippen LogP contribution in [0.2, 0.25) is 0 Å². The molecule has 1 N–H and O–H groups in total. The van der Waals surface area contributed by atoms with Crippen molar-refractivity contribution in [2.24, 2.45) is 0 Å². The zero-order valence-corrected chi connectivity index (χ0v) is 21.1. The normalized spacial score (nSPS) is 10.9. The molecule has 3 rings (SSSR count). The van der Waals surface area contributed by atoms with Crippen LogP contribution < -0.4 is 10.1 Å². The third-order valence-corrected chi connectivity index (χ3v) is 5.91. The Hall–Kier alpha value is -3.23. The van der Waals surface area contributed by atoms with Gasteiger partial charge in [0.1, 0.15) is 24.0 Å². The van der Waals surface area contributed by atoms with Crippen molar-refractivity contribution in [2.45, 2.75) is 13.5 Å². The fourth-order valence-corrected chi connectivity index (χ4v) is 4.62. The second-order valence-corrected chi connectivity index (χ2v) is 9.04. The minimum Gasteiger partial charge on any atom is -0.487 e. The van der Waals surface area contributed by atoms with E-state index in [0.717, 1.165) is 9.13 Å². The standard InChI is InChI=1S/C24H17BrIN3O4/c1-15-5-7-16(8-6-15)14-33-23-21(25)10-17(11-22(23)26)9-18(13-27)24(30)28-19-3-2-4-20(12-19)29(31)32/h2-12H,14H2,1H3,(H,28,30)/b18-9+. The van der Waals surface area contributed by atoms with Crippen LogP contribution in [0.1, 0.15) is 16.7 Å². The Morgan fingerprint density at radius 3 is 2.61 bits per heavy atom. The predicted molar refractivity (Wildman–Crippen MR) is 138 cm³/mol. The van der Waals surface area contributed by atoms with Crippen LogP contribution in [0.3, 0.4) is 0 Å². The minimum atomic E-state index is -0.663. The van der Waals surface area contributed by atoms with E-state index < -0.39 is 10.8 Å². The van der Waals surface area contributed by atoms with Crippen molar-refractivity contribution < 1.29 is 14.5 Å². The van der Waals surface area contributed by atoms with Crippen LogP contribution in [0, 0.1) is 31.9 Å². The topological polar surface area (TPSA) is 105 Å². The molecule has 9 heteroatoms. The number of nitro benzene ring substituents is 1. The smallest absolute Gasteiger partial charge is 0.271 e. The van der Waals surface area contributed by atoms with Crippen LogP contribution in [0.25, 0.3) is 6.08 Å². The number of aryl methyl sites for hydroxylation is 1. The molecule has 0 heterocycles. The summed E-state index contributed by atoms with van der Waals surface area (Å²) < 4.78 is 7.45. The van der Waals surface area contributed by atoms with Crippen LogP contribution in [-0.4, -0.2) is 10.8 Å². The fourth-order valence-electron chi connectivity index (χ4n) is 2.85. The molecule has 166 valence electrons. The molecule has 33 heavy (non-hydrogen) atoms. The lowest BCUT2D eigenvalue weighted by Crippen LogP contribution is -2.13. The summed E-state index contributed by atoms with van der Waals surface area (Å²) in [5, 5.41) is 22.9. The van der Waals surface area contributed by atoms with Gasteiger partial charge in [0.25, 0.3) is 11.6 Å². The first-order valence-corrected chi connectivity index (χ1v) is 11.5. The molecular weight excluding hydrogens is 601 g/mol. The third kappa shape index (κ3) is 6.63. The summed E-state index contributed by atoms with van der Waals surface area (Å²) in [6, 6.07) is 19.0. The van der Waals surface area contributed by atoms with Crippen molar-refractivity contribution in [2.75, 3.05) is 5.32 Å². The van der Waals surface area contributed by atoms with Crippen molar-refractivity contribution in [1.82, 2.24) is 0 Å². The summed E-state index contributed by atoms with van der Waals surface area (Å²) in [6.07, 6.45) is 1.45. The quantitative estimate of drug-likeness (QED) is 0.109. The molecule has 0 radical (unpaired) electrons. The number of halogens is 2. The lowest BCUT2D eigenvalue weighted by atomic mass is 10.1. The van der Waals surface area contributed by atoms with Crippen molar-refractivity contribution in [3.63, 3.8) is 0 Å². The minimum absolute atomic E-state index is 0.141. The summed E-state index contributed by atoms with van der Waals surface area (Å²) in [6.45, 7) is 2.43. The van der Waals surface area contributed by atoms with Gasteiger partial charge in [0.05, 0.1) is 13.0 Å². The number of nitrogens with one attached hydrogen (secondary N) is 1. The molecule has 0 aliphatic rings. The van der Waals surface area contributed by atoms with E-state index in [0.29, 0.717) is 22.4 Å². The van der Waals surface area contributed by atoms with Crippen LogP contribution in [0.15, 0.2) is 70.7 Å². The molecule has 0 atom stereocenters. The van der Waals surface area contributed by atoms with E-state index >= 15 is 0 Å². The monoisotopic (exact) mass is 617 g/mol. The Labute approximate surface area is 212 Å². The van der Waals surface area contributed by atoms with Gasteiger partial charge < -0.3 is 10.1 Å². The molecule has 0 aliphatic heterocycles. The van der Waals surface area contributed by atoms with Crippen LogP contribution >= 0.6 is 38.5 Å². The maximum atomic E-state index is 12.5. The highest BCUT2D eigenvalue weighted by Gasteiger charge is 2.14. The number of carbonyl (C=O) groups excluding carboxylic acids is 1. The summed E-state index contributed by atoms with van der Waals surface area (Å²) in [4.78, 5) is 22.9. The molecule has 0 aliphatic carbocycles. The molecule has 0 saturated heterocycles. The number of hydrogen-bond acceptors (Lipinski definition) is 5. The van der Waals surface area contributed by atoms with Crippen LogP contribution in [0.5, 0.6) is 5.75 Å². The van der Waals surface area contributed by atoms with E-state index in [9.17, 15) is 20.2 Å². The molecule has 0 fully saturated rings. The Morgan fingerprint density at radius 1 is 1.24 bits per heavy atom. The average molecular weight is 618 g/mol. The average Bonchev–Trinajstić information content (AvgIpc) is 2.78. The first-order valence-electron chi connectivity index (χ1n) is 9.62. The predicted octanol–water partition coefficient (Wildman–Crippen LogP) is 6.40. The third-order valence-electron chi connectivity index (χ3n) is 4.52. The second-order valence-electron chi connectivity index (χ2n) is 7.02. The number of hydrogen-bond donors (Lipinski definition) is 1. The lowest BCUT2D eigenvalue weighted by molar-refractivity contribution is -0.384.